The average Bonchev–Trinajstić information content (AvgIpc) is 3.05. The van der Waals surface area contributed by atoms with E-state index in [-0.39, 0.29) is 10.5 Å². The zero-order valence-corrected chi connectivity index (χ0v) is 24.3. The number of hydrogen-bond acceptors (Lipinski definition) is 3. The Hall–Kier alpha value is 0.0969. The molecule has 0 spiro atoms. The van der Waals surface area contributed by atoms with Gasteiger partial charge in [0.25, 0.3) is 0 Å². The Morgan fingerprint density at radius 1 is 1.00 bits per heavy atom. The van der Waals surface area contributed by atoms with Crippen molar-refractivity contribution in [3.05, 3.63) is 0 Å². The van der Waals surface area contributed by atoms with Gasteiger partial charge >= 0.3 is 0 Å². The third-order valence-electron chi connectivity index (χ3n) is 9.98. The summed E-state index contributed by atoms with van der Waals surface area (Å²) in [6.45, 7) is 25.1. The highest BCUT2D eigenvalue weighted by molar-refractivity contribution is 6.74. The van der Waals surface area contributed by atoms with Gasteiger partial charge in [0, 0.05) is 12.7 Å². The first-order valence-electron chi connectivity index (χ1n) is 13.6. The number of aliphatic hydroxyl groups is 1. The van der Waals surface area contributed by atoms with Crippen molar-refractivity contribution in [2.24, 2.45) is 22.7 Å². The summed E-state index contributed by atoms with van der Waals surface area (Å²) in [5, 5.41) is 10.8. The smallest absolute Gasteiger partial charge is 0.192 e. The molecule has 2 aliphatic carbocycles. The van der Waals surface area contributed by atoms with Crippen molar-refractivity contribution in [3.63, 3.8) is 0 Å². The van der Waals surface area contributed by atoms with Crippen LogP contribution in [0, 0.1) is 22.7 Å². The second kappa shape index (κ2) is 10.4. The molecule has 4 atom stereocenters. The van der Waals surface area contributed by atoms with Gasteiger partial charge in [-0.25, -0.2) is 0 Å². The predicted octanol–water partition coefficient (Wildman–Crippen LogP) is 7.97. The van der Waals surface area contributed by atoms with E-state index in [1.165, 1.54) is 32.1 Å². The van der Waals surface area contributed by atoms with Crippen LogP contribution >= 0.6 is 0 Å². The fourth-order valence-corrected chi connectivity index (χ4v) is 8.03. The monoisotopic (exact) mass is 468 g/mol. The number of fused-ring (bicyclic) bond motifs is 1. The molecule has 2 fully saturated rings. The van der Waals surface area contributed by atoms with E-state index in [0.717, 1.165) is 38.9 Å². The Morgan fingerprint density at radius 2 is 1.62 bits per heavy atom. The lowest BCUT2D eigenvalue weighted by atomic mass is 9.58. The van der Waals surface area contributed by atoms with Gasteiger partial charge in [0.2, 0.25) is 0 Å². The van der Waals surface area contributed by atoms with Gasteiger partial charge in [-0.1, -0.05) is 61.8 Å². The molecule has 2 aliphatic rings. The Morgan fingerprint density at radius 3 is 2.19 bits per heavy atom. The first-order chi connectivity index (χ1) is 14.6. The molecule has 0 aromatic carbocycles. The van der Waals surface area contributed by atoms with Crippen molar-refractivity contribution in [1.29, 1.82) is 0 Å². The molecule has 1 N–H and O–H groups in total. The first-order valence-corrected chi connectivity index (χ1v) is 16.5. The van der Waals surface area contributed by atoms with Crippen molar-refractivity contribution in [1.82, 2.24) is 0 Å². The molecule has 3 nitrogen and oxygen atoms in total. The summed E-state index contributed by atoms with van der Waals surface area (Å²) in [7, 11) is -1.75. The van der Waals surface area contributed by atoms with Gasteiger partial charge in [-0.3, -0.25) is 0 Å². The van der Waals surface area contributed by atoms with Crippen molar-refractivity contribution >= 4 is 8.32 Å². The maximum Gasteiger partial charge on any atom is 0.192 e. The molecule has 4 heteroatoms. The summed E-state index contributed by atoms with van der Waals surface area (Å²) in [5.74, 6) is 1.38. The van der Waals surface area contributed by atoms with Crippen LogP contribution in [0.2, 0.25) is 18.1 Å². The summed E-state index contributed by atoms with van der Waals surface area (Å²) in [6, 6.07) is 0. The summed E-state index contributed by atoms with van der Waals surface area (Å²) in [5.41, 5.74) is 0.0310. The quantitative estimate of drug-likeness (QED) is 0.247. The summed E-state index contributed by atoms with van der Waals surface area (Å²) >= 11 is 0. The molecule has 0 radical (unpaired) electrons. The van der Waals surface area contributed by atoms with E-state index in [1.807, 2.05) is 0 Å². The van der Waals surface area contributed by atoms with Crippen molar-refractivity contribution in [2.45, 2.75) is 143 Å². The van der Waals surface area contributed by atoms with E-state index in [1.54, 1.807) is 0 Å². The molecule has 0 aliphatic heterocycles. The largest absolute Gasteiger partial charge is 0.414 e. The second-order valence-corrected chi connectivity index (χ2v) is 18.4. The van der Waals surface area contributed by atoms with Gasteiger partial charge in [-0.05, 0) is 92.2 Å². The summed E-state index contributed by atoms with van der Waals surface area (Å²) in [6.07, 6.45) is 10.4. The Balaban J connectivity index is 1.98. The van der Waals surface area contributed by atoms with Gasteiger partial charge in [0.15, 0.2) is 8.32 Å². The van der Waals surface area contributed by atoms with Crippen molar-refractivity contribution in [3.8, 4) is 0 Å². The van der Waals surface area contributed by atoms with E-state index in [4.69, 9.17) is 9.16 Å². The summed E-state index contributed by atoms with van der Waals surface area (Å²) in [4.78, 5) is 0. The van der Waals surface area contributed by atoms with Crippen LogP contribution in [0.3, 0.4) is 0 Å². The Kier molecular flexibility index (Phi) is 9.19. The molecule has 0 saturated heterocycles. The molecular weight excluding hydrogens is 412 g/mol. The van der Waals surface area contributed by atoms with E-state index in [9.17, 15) is 5.11 Å². The zero-order valence-electron chi connectivity index (χ0n) is 23.3. The molecule has 2 saturated carbocycles. The SMILES string of the molecule is CCC(O)(CC)CCCOCC(C)(C)[C@H]1CC[C@@H]2[C@H](O[Si](C)(C)C(C)(C)C)CCC[C@]21C. The normalized spacial score (nSPS) is 29.9. The topological polar surface area (TPSA) is 38.7 Å². The second-order valence-electron chi connectivity index (χ2n) is 13.6. The maximum atomic E-state index is 10.5. The van der Waals surface area contributed by atoms with Crippen molar-refractivity contribution < 1.29 is 14.3 Å². The molecular formula is C28H56O3Si. The number of rotatable bonds is 11. The minimum atomic E-state index is -1.75. The van der Waals surface area contributed by atoms with E-state index >= 15 is 0 Å². The third kappa shape index (κ3) is 6.20. The van der Waals surface area contributed by atoms with E-state index in [2.05, 4.69) is 68.5 Å². The molecule has 32 heavy (non-hydrogen) atoms. The van der Waals surface area contributed by atoms with Gasteiger partial charge < -0.3 is 14.3 Å². The van der Waals surface area contributed by atoms with Crippen LogP contribution in [0.5, 0.6) is 0 Å². The molecule has 0 unspecified atom stereocenters. The fraction of sp³-hybridized carbons (Fsp3) is 1.00. The van der Waals surface area contributed by atoms with Gasteiger partial charge in [-0.2, -0.15) is 0 Å². The lowest BCUT2D eigenvalue weighted by Crippen LogP contribution is -2.51. The molecule has 0 heterocycles. The van der Waals surface area contributed by atoms with Crippen LogP contribution in [0.4, 0.5) is 0 Å². The first kappa shape index (κ1) is 28.3. The van der Waals surface area contributed by atoms with Crippen LogP contribution in [0.25, 0.3) is 0 Å². The average molecular weight is 469 g/mol. The third-order valence-corrected chi connectivity index (χ3v) is 14.5. The lowest BCUT2D eigenvalue weighted by molar-refractivity contribution is -0.0632. The van der Waals surface area contributed by atoms with Gasteiger partial charge in [0.05, 0.1) is 12.2 Å². The standard InChI is InChI=1S/C28H56O3Si/c1-11-28(29,12-2)19-14-20-30-21-26(6,7)24-17-16-22-23(15-13-18-27(22,24)8)31-32(9,10)25(3,4)5/h22-24,29H,11-21H2,1-10H3/t22-,23-,24-,27-/m1/s1. The Labute approximate surface area is 201 Å². The molecule has 0 aromatic heterocycles. The minimum absolute atomic E-state index is 0.175. The van der Waals surface area contributed by atoms with Crippen LogP contribution < -0.4 is 0 Å². The Bertz CT molecular complexity index is 590. The van der Waals surface area contributed by atoms with Crippen LogP contribution in [-0.4, -0.2) is 38.3 Å². The summed E-state index contributed by atoms with van der Waals surface area (Å²) < 4.78 is 13.3. The molecule has 0 amide bonds. The molecule has 190 valence electrons. The molecule has 0 aromatic rings. The van der Waals surface area contributed by atoms with Gasteiger partial charge in [-0.15, -0.1) is 0 Å². The van der Waals surface area contributed by atoms with Crippen molar-refractivity contribution in [2.75, 3.05) is 13.2 Å². The lowest BCUT2D eigenvalue weighted by Gasteiger charge is -2.51. The van der Waals surface area contributed by atoms with E-state index < -0.39 is 13.9 Å². The number of hydrogen-bond donors (Lipinski definition) is 1. The van der Waals surface area contributed by atoms with Crippen LogP contribution in [-0.2, 0) is 9.16 Å². The highest BCUT2D eigenvalue weighted by atomic mass is 28.4. The zero-order chi connectivity index (χ0) is 24.4. The van der Waals surface area contributed by atoms with E-state index in [0.29, 0.717) is 23.4 Å². The molecule has 2 rings (SSSR count). The predicted molar refractivity (Wildman–Crippen MR) is 140 cm³/mol. The molecule has 0 bridgehead atoms. The van der Waals surface area contributed by atoms with Crippen LogP contribution in [0.1, 0.15) is 113 Å². The van der Waals surface area contributed by atoms with Crippen LogP contribution in [0.15, 0.2) is 0 Å². The highest BCUT2D eigenvalue weighted by Crippen LogP contribution is 2.61. The van der Waals surface area contributed by atoms with Gasteiger partial charge in [0.1, 0.15) is 0 Å². The highest BCUT2D eigenvalue weighted by Gasteiger charge is 2.56. The maximum absolute atomic E-state index is 10.5. The fourth-order valence-electron chi connectivity index (χ4n) is 6.64. The minimum Gasteiger partial charge on any atom is -0.414 e. The number of ether oxygens (including phenoxy) is 1.